The molecule has 2 rings (SSSR count). The average molecular weight is 312 g/mol. The number of rotatable bonds is 2. The molecule has 6 heteroatoms. The van der Waals surface area contributed by atoms with Crippen LogP contribution in [0.15, 0.2) is 0 Å². The van der Waals surface area contributed by atoms with Crippen LogP contribution in [0.25, 0.3) is 0 Å². The minimum atomic E-state index is -0.513. The maximum Gasteiger partial charge on any atom is 0.312 e. The number of carbonyl (C=O) groups excluding carboxylic acids is 2. The first kappa shape index (κ1) is 17.2. The smallest absolute Gasteiger partial charge is 0.312 e. The molecule has 2 N–H and O–H groups in total. The van der Waals surface area contributed by atoms with E-state index in [1.807, 2.05) is 0 Å². The number of aliphatic hydroxyl groups excluding tert-OH is 2. The van der Waals surface area contributed by atoms with Gasteiger partial charge in [0.1, 0.15) is 0 Å². The van der Waals surface area contributed by atoms with Crippen LogP contribution >= 0.6 is 0 Å². The van der Waals surface area contributed by atoms with E-state index in [0.29, 0.717) is 13.1 Å². The van der Waals surface area contributed by atoms with Crippen molar-refractivity contribution in [1.29, 1.82) is 0 Å². The van der Waals surface area contributed by atoms with Gasteiger partial charge in [-0.1, -0.05) is 25.7 Å². The molecule has 0 spiro atoms. The quantitative estimate of drug-likeness (QED) is 0.728. The van der Waals surface area contributed by atoms with Crippen LogP contribution in [-0.2, 0) is 9.59 Å². The molecule has 6 nitrogen and oxygen atoms in total. The van der Waals surface area contributed by atoms with Crippen molar-refractivity contribution in [3.63, 3.8) is 0 Å². The van der Waals surface area contributed by atoms with Crippen LogP contribution in [-0.4, -0.2) is 70.2 Å². The van der Waals surface area contributed by atoms with E-state index in [2.05, 4.69) is 0 Å². The molecule has 0 saturated carbocycles. The zero-order valence-electron chi connectivity index (χ0n) is 13.2. The SMILES string of the molecule is O=C(C(=O)N1CCCCC[C@@H]1CO)N1CCCCC[C@@H]1CO. The zero-order chi connectivity index (χ0) is 15.9. The number of carbonyl (C=O) groups is 2. The summed E-state index contributed by atoms with van der Waals surface area (Å²) in [6, 6.07) is -0.503. The fraction of sp³-hybridized carbons (Fsp3) is 0.875. The van der Waals surface area contributed by atoms with Crippen molar-refractivity contribution in [3.8, 4) is 0 Å². The number of hydrogen-bond acceptors (Lipinski definition) is 4. The fourth-order valence-electron chi connectivity index (χ4n) is 3.51. The second kappa shape index (κ2) is 8.48. The van der Waals surface area contributed by atoms with Crippen LogP contribution in [0.4, 0.5) is 0 Å². The fourth-order valence-corrected chi connectivity index (χ4v) is 3.51. The third-order valence-electron chi connectivity index (χ3n) is 4.88. The second-order valence-corrected chi connectivity index (χ2v) is 6.37. The summed E-state index contributed by atoms with van der Waals surface area (Å²) in [6.45, 7) is 0.881. The van der Waals surface area contributed by atoms with Gasteiger partial charge >= 0.3 is 11.8 Å². The van der Waals surface area contributed by atoms with Crippen LogP contribution in [0, 0.1) is 0 Å². The summed E-state index contributed by atoms with van der Waals surface area (Å²) in [4.78, 5) is 28.4. The summed E-state index contributed by atoms with van der Waals surface area (Å²) in [7, 11) is 0. The number of hydrogen-bond donors (Lipinski definition) is 2. The van der Waals surface area contributed by atoms with Gasteiger partial charge in [0, 0.05) is 13.1 Å². The van der Waals surface area contributed by atoms with Crippen LogP contribution in [0.1, 0.15) is 51.4 Å². The van der Waals surface area contributed by atoms with E-state index in [-0.39, 0.29) is 25.3 Å². The molecule has 2 aliphatic rings. The lowest BCUT2D eigenvalue weighted by Gasteiger charge is -2.33. The average Bonchev–Trinajstić information content (AvgIpc) is 2.92. The normalized spacial score (nSPS) is 27.2. The van der Waals surface area contributed by atoms with Gasteiger partial charge in [-0.15, -0.1) is 0 Å². The molecule has 2 saturated heterocycles. The van der Waals surface area contributed by atoms with Crippen LogP contribution in [0.5, 0.6) is 0 Å². The van der Waals surface area contributed by atoms with E-state index >= 15 is 0 Å². The first-order valence-electron chi connectivity index (χ1n) is 8.52. The summed E-state index contributed by atoms with van der Waals surface area (Å²) >= 11 is 0. The number of likely N-dealkylation sites (tertiary alicyclic amines) is 2. The number of aliphatic hydroxyl groups is 2. The Morgan fingerprint density at radius 1 is 0.727 bits per heavy atom. The summed E-state index contributed by atoms with van der Waals surface area (Å²) < 4.78 is 0. The Labute approximate surface area is 132 Å². The van der Waals surface area contributed by atoms with Gasteiger partial charge in [-0.2, -0.15) is 0 Å². The molecule has 0 bridgehead atoms. The Bertz CT molecular complexity index is 352. The van der Waals surface area contributed by atoms with Gasteiger partial charge in [-0.3, -0.25) is 9.59 Å². The molecule has 2 atom stereocenters. The van der Waals surface area contributed by atoms with Gasteiger partial charge in [0.05, 0.1) is 25.3 Å². The monoisotopic (exact) mass is 312 g/mol. The second-order valence-electron chi connectivity index (χ2n) is 6.37. The Balaban J connectivity index is 2.09. The third-order valence-corrected chi connectivity index (χ3v) is 4.88. The highest BCUT2D eigenvalue weighted by molar-refractivity contribution is 6.35. The van der Waals surface area contributed by atoms with Crippen molar-refractivity contribution in [2.24, 2.45) is 0 Å². The Hall–Kier alpha value is -1.14. The summed E-state index contributed by atoms with van der Waals surface area (Å²) in [6.07, 6.45) is 7.25. The number of amides is 2. The molecule has 2 aliphatic heterocycles. The molecule has 0 aromatic heterocycles. The maximum absolute atomic E-state index is 12.6. The first-order valence-corrected chi connectivity index (χ1v) is 8.52. The first-order chi connectivity index (χ1) is 10.7. The van der Waals surface area contributed by atoms with Crippen molar-refractivity contribution < 1.29 is 19.8 Å². The lowest BCUT2D eigenvalue weighted by Crippen LogP contribution is -2.53. The van der Waals surface area contributed by atoms with Gasteiger partial charge in [0.25, 0.3) is 0 Å². The Kier molecular flexibility index (Phi) is 6.64. The third kappa shape index (κ3) is 3.98. The van der Waals surface area contributed by atoms with E-state index in [4.69, 9.17) is 0 Å². The summed E-state index contributed by atoms with van der Waals surface area (Å²) in [5.74, 6) is -1.03. The van der Waals surface area contributed by atoms with Gasteiger partial charge in [0.15, 0.2) is 0 Å². The van der Waals surface area contributed by atoms with Crippen molar-refractivity contribution in [2.75, 3.05) is 26.3 Å². The summed E-state index contributed by atoms with van der Waals surface area (Å²) in [5.41, 5.74) is 0. The molecule has 0 aromatic carbocycles. The lowest BCUT2D eigenvalue weighted by atomic mass is 10.1. The van der Waals surface area contributed by atoms with Gasteiger partial charge in [-0.05, 0) is 25.7 Å². The van der Waals surface area contributed by atoms with Crippen LogP contribution < -0.4 is 0 Å². The molecular formula is C16H28N2O4. The summed E-state index contributed by atoms with van der Waals surface area (Å²) in [5, 5.41) is 19.0. The van der Waals surface area contributed by atoms with Gasteiger partial charge in [-0.25, -0.2) is 0 Å². The molecule has 2 heterocycles. The molecule has 126 valence electrons. The molecule has 22 heavy (non-hydrogen) atoms. The largest absolute Gasteiger partial charge is 0.394 e. The van der Waals surface area contributed by atoms with E-state index in [0.717, 1.165) is 51.4 Å². The van der Waals surface area contributed by atoms with Crippen LogP contribution in [0.2, 0.25) is 0 Å². The van der Waals surface area contributed by atoms with Crippen LogP contribution in [0.3, 0.4) is 0 Å². The van der Waals surface area contributed by atoms with E-state index in [9.17, 15) is 19.8 Å². The van der Waals surface area contributed by atoms with Crippen molar-refractivity contribution in [3.05, 3.63) is 0 Å². The minimum Gasteiger partial charge on any atom is -0.394 e. The van der Waals surface area contributed by atoms with E-state index in [1.54, 1.807) is 9.80 Å². The van der Waals surface area contributed by atoms with E-state index in [1.165, 1.54) is 0 Å². The maximum atomic E-state index is 12.6. The molecule has 0 aliphatic carbocycles. The molecule has 0 unspecified atom stereocenters. The zero-order valence-corrected chi connectivity index (χ0v) is 13.2. The van der Waals surface area contributed by atoms with Gasteiger partial charge < -0.3 is 20.0 Å². The minimum absolute atomic E-state index is 0.0948. The predicted molar refractivity (Wildman–Crippen MR) is 82.1 cm³/mol. The molecule has 0 aromatic rings. The van der Waals surface area contributed by atoms with E-state index < -0.39 is 11.8 Å². The standard InChI is InChI=1S/C16H28N2O4/c19-11-13-7-3-1-5-9-17(13)15(21)16(22)18-10-6-2-4-8-14(18)12-20/h13-14,19-20H,1-12H2/t13-,14-/m1/s1. The predicted octanol–water partition coefficient (Wildman–Crippen LogP) is 0.513. The highest BCUT2D eigenvalue weighted by Crippen LogP contribution is 2.20. The lowest BCUT2D eigenvalue weighted by molar-refractivity contribution is -0.155. The van der Waals surface area contributed by atoms with Crippen molar-refractivity contribution in [2.45, 2.75) is 63.5 Å². The Morgan fingerprint density at radius 2 is 1.14 bits per heavy atom. The van der Waals surface area contributed by atoms with Crippen molar-refractivity contribution in [1.82, 2.24) is 9.80 Å². The molecule has 2 amide bonds. The van der Waals surface area contributed by atoms with Gasteiger partial charge in [0.2, 0.25) is 0 Å². The highest BCUT2D eigenvalue weighted by Gasteiger charge is 2.35. The Morgan fingerprint density at radius 3 is 1.50 bits per heavy atom. The van der Waals surface area contributed by atoms with Crippen molar-refractivity contribution >= 4 is 11.8 Å². The molecule has 0 radical (unpaired) electrons. The highest BCUT2D eigenvalue weighted by atomic mass is 16.3. The molecule has 2 fully saturated rings. The topological polar surface area (TPSA) is 81.1 Å². The molecular weight excluding hydrogens is 284 g/mol. The number of nitrogens with zero attached hydrogens (tertiary/aromatic N) is 2.